The molecule has 2 aliphatic carbocycles. The van der Waals surface area contributed by atoms with Crippen LogP contribution in [-0.2, 0) is 11.3 Å². The Labute approximate surface area is 158 Å². The average Bonchev–Trinajstić information content (AvgIpc) is 3.28. The van der Waals surface area contributed by atoms with Gasteiger partial charge in [0.1, 0.15) is 5.01 Å². The highest BCUT2D eigenvalue weighted by molar-refractivity contribution is 7.15. The molecular weight excluding hydrogens is 346 g/mol. The fraction of sp³-hybridized carbons (Fsp3) is 0.500. The van der Waals surface area contributed by atoms with E-state index in [2.05, 4.69) is 27.3 Å². The molecule has 6 heteroatoms. The second-order valence-corrected chi connectivity index (χ2v) is 8.58. The topological polar surface area (TPSA) is 65.5 Å². The molecule has 0 spiro atoms. The molecule has 2 saturated carbocycles. The standard InChI is InChI=1S/C20H25N3O2S/c24-19(25)13-23(12-14-6-7-14)17-8-16(9-17)21-10-18-11-22-20(26-18)15-4-2-1-3-5-15/h1-5,11,14,16-17,21H,6-10,12-13H2,(H,24,25). The van der Waals surface area contributed by atoms with Crippen molar-refractivity contribution in [1.82, 2.24) is 15.2 Å². The van der Waals surface area contributed by atoms with Crippen LogP contribution in [0, 0.1) is 5.92 Å². The number of hydrogen-bond donors (Lipinski definition) is 2. The summed E-state index contributed by atoms with van der Waals surface area (Å²) in [4.78, 5) is 19.1. The van der Waals surface area contributed by atoms with E-state index >= 15 is 0 Å². The first kappa shape index (κ1) is 17.6. The van der Waals surface area contributed by atoms with Gasteiger partial charge in [0, 0.05) is 41.8 Å². The summed E-state index contributed by atoms with van der Waals surface area (Å²) in [6.45, 7) is 1.98. The number of carbonyl (C=O) groups is 1. The summed E-state index contributed by atoms with van der Waals surface area (Å²) in [5.74, 6) is 0.0233. The van der Waals surface area contributed by atoms with E-state index in [9.17, 15) is 4.79 Å². The molecule has 2 aromatic rings. The summed E-state index contributed by atoms with van der Waals surface area (Å²) in [6, 6.07) is 11.2. The van der Waals surface area contributed by atoms with Crippen LogP contribution in [0.5, 0.6) is 0 Å². The number of nitrogens with one attached hydrogen (secondary N) is 1. The van der Waals surface area contributed by atoms with Crippen LogP contribution in [0.1, 0.15) is 30.6 Å². The minimum atomic E-state index is -0.708. The number of rotatable bonds is 9. The summed E-state index contributed by atoms with van der Waals surface area (Å²) in [5.41, 5.74) is 1.16. The Morgan fingerprint density at radius 3 is 2.73 bits per heavy atom. The van der Waals surface area contributed by atoms with Crippen LogP contribution >= 0.6 is 11.3 Å². The third-order valence-electron chi connectivity index (χ3n) is 5.30. The number of aliphatic carboxylic acids is 1. The van der Waals surface area contributed by atoms with Crippen LogP contribution in [0.4, 0.5) is 0 Å². The molecule has 0 radical (unpaired) electrons. The summed E-state index contributed by atoms with van der Waals surface area (Å²) >= 11 is 1.73. The van der Waals surface area contributed by atoms with Gasteiger partial charge in [-0.3, -0.25) is 9.69 Å². The maximum absolute atomic E-state index is 11.1. The van der Waals surface area contributed by atoms with E-state index < -0.39 is 5.97 Å². The predicted octanol–water partition coefficient (Wildman–Crippen LogP) is 3.23. The van der Waals surface area contributed by atoms with Crippen LogP contribution in [0.3, 0.4) is 0 Å². The Balaban J connectivity index is 1.24. The SMILES string of the molecule is O=C(O)CN(CC1CC1)C1CC(NCc2cnc(-c3ccccc3)s2)C1. The quantitative estimate of drug-likeness (QED) is 0.708. The van der Waals surface area contributed by atoms with Crippen molar-refractivity contribution in [3.63, 3.8) is 0 Å². The summed E-state index contributed by atoms with van der Waals surface area (Å²) in [5, 5.41) is 13.8. The van der Waals surface area contributed by atoms with Crippen molar-refractivity contribution in [2.45, 2.75) is 44.3 Å². The summed E-state index contributed by atoms with van der Waals surface area (Å²) in [7, 11) is 0. The highest BCUT2D eigenvalue weighted by Crippen LogP contribution is 2.34. The van der Waals surface area contributed by atoms with Crippen molar-refractivity contribution < 1.29 is 9.90 Å². The van der Waals surface area contributed by atoms with E-state index in [1.807, 2.05) is 24.4 Å². The monoisotopic (exact) mass is 371 g/mol. The van der Waals surface area contributed by atoms with E-state index in [0.717, 1.165) is 42.4 Å². The molecule has 5 nitrogen and oxygen atoms in total. The molecule has 0 bridgehead atoms. The van der Waals surface area contributed by atoms with Gasteiger partial charge in [-0.15, -0.1) is 11.3 Å². The molecule has 4 rings (SSSR count). The van der Waals surface area contributed by atoms with Gasteiger partial charge in [0.05, 0.1) is 6.54 Å². The molecule has 0 atom stereocenters. The lowest BCUT2D eigenvalue weighted by Gasteiger charge is -2.43. The smallest absolute Gasteiger partial charge is 0.317 e. The van der Waals surface area contributed by atoms with Gasteiger partial charge >= 0.3 is 5.97 Å². The third kappa shape index (κ3) is 4.50. The molecule has 2 aliphatic rings. The number of hydrogen-bond acceptors (Lipinski definition) is 5. The zero-order valence-corrected chi connectivity index (χ0v) is 15.6. The number of nitrogens with zero attached hydrogens (tertiary/aromatic N) is 2. The number of aromatic nitrogens is 1. The Kier molecular flexibility index (Phi) is 5.33. The summed E-state index contributed by atoms with van der Waals surface area (Å²) in [6.07, 6.45) is 6.58. The van der Waals surface area contributed by atoms with Crippen molar-refractivity contribution in [3.05, 3.63) is 41.4 Å². The third-order valence-corrected chi connectivity index (χ3v) is 6.34. The fourth-order valence-electron chi connectivity index (χ4n) is 3.55. The zero-order valence-electron chi connectivity index (χ0n) is 14.8. The zero-order chi connectivity index (χ0) is 17.9. The highest BCUT2D eigenvalue weighted by atomic mass is 32.1. The lowest BCUT2D eigenvalue weighted by molar-refractivity contribution is -0.139. The van der Waals surface area contributed by atoms with E-state index in [4.69, 9.17) is 5.11 Å². The van der Waals surface area contributed by atoms with E-state index in [1.54, 1.807) is 11.3 Å². The highest BCUT2D eigenvalue weighted by Gasteiger charge is 2.36. The molecule has 0 amide bonds. The molecule has 26 heavy (non-hydrogen) atoms. The van der Waals surface area contributed by atoms with Gasteiger partial charge < -0.3 is 10.4 Å². The van der Waals surface area contributed by atoms with Gasteiger partial charge in [0.2, 0.25) is 0 Å². The molecule has 0 aliphatic heterocycles. The Morgan fingerprint density at radius 1 is 1.27 bits per heavy atom. The molecular formula is C20H25N3O2S. The fourth-order valence-corrected chi connectivity index (χ4v) is 4.42. The number of carboxylic acid groups (broad SMARTS) is 1. The minimum absolute atomic E-state index is 0.184. The molecule has 138 valence electrons. The largest absolute Gasteiger partial charge is 0.480 e. The second-order valence-electron chi connectivity index (χ2n) is 7.47. The number of thiazole rings is 1. The minimum Gasteiger partial charge on any atom is -0.480 e. The van der Waals surface area contributed by atoms with Gasteiger partial charge in [0.15, 0.2) is 0 Å². The molecule has 2 N–H and O–H groups in total. The van der Waals surface area contributed by atoms with E-state index in [-0.39, 0.29) is 6.54 Å². The normalized spacial score (nSPS) is 22.3. The Hall–Kier alpha value is -1.76. The molecule has 1 aromatic heterocycles. The molecule has 1 aromatic carbocycles. The number of carboxylic acids is 1. The molecule has 0 saturated heterocycles. The van der Waals surface area contributed by atoms with Crippen molar-refractivity contribution in [1.29, 1.82) is 0 Å². The van der Waals surface area contributed by atoms with Gasteiger partial charge in [-0.2, -0.15) is 0 Å². The van der Waals surface area contributed by atoms with Crippen LogP contribution in [0.15, 0.2) is 36.5 Å². The first-order valence-corrected chi connectivity index (χ1v) is 10.2. The van der Waals surface area contributed by atoms with Gasteiger partial charge in [-0.05, 0) is 31.6 Å². The van der Waals surface area contributed by atoms with Crippen molar-refractivity contribution in [3.8, 4) is 10.6 Å². The Bertz CT molecular complexity index is 739. The lowest BCUT2D eigenvalue weighted by Crippen LogP contribution is -2.54. The predicted molar refractivity (Wildman–Crippen MR) is 103 cm³/mol. The van der Waals surface area contributed by atoms with Crippen molar-refractivity contribution >= 4 is 17.3 Å². The maximum atomic E-state index is 11.1. The maximum Gasteiger partial charge on any atom is 0.317 e. The van der Waals surface area contributed by atoms with Crippen molar-refractivity contribution in [2.75, 3.05) is 13.1 Å². The van der Waals surface area contributed by atoms with Gasteiger partial charge in [0.25, 0.3) is 0 Å². The first-order valence-electron chi connectivity index (χ1n) is 9.36. The molecule has 0 unspecified atom stereocenters. The molecule has 1 heterocycles. The van der Waals surface area contributed by atoms with Crippen LogP contribution in [-0.4, -0.2) is 46.1 Å². The molecule has 2 fully saturated rings. The Morgan fingerprint density at radius 2 is 2.04 bits per heavy atom. The summed E-state index contributed by atoms with van der Waals surface area (Å²) < 4.78 is 0. The second kappa shape index (κ2) is 7.86. The average molecular weight is 372 g/mol. The van der Waals surface area contributed by atoms with Crippen molar-refractivity contribution in [2.24, 2.45) is 5.92 Å². The first-order chi connectivity index (χ1) is 12.7. The van der Waals surface area contributed by atoms with Gasteiger partial charge in [-0.25, -0.2) is 4.98 Å². The van der Waals surface area contributed by atoms with Crippen LogP contribution in [0.2, 0.25) is 0 Å². The van der Waals surface area contributed by atoms with Crippen LogP contribution in [0.25, 0.3) is 10.6 Å². The van der Waals surface area contributed by atoms with E-state index in [0.29, 0.717) is 12.1 Å². The lowest BCUT2D eigenvalue weighted by atomic mass is 9.85. The van der Waals surface area contributed by atoms with Gasteiger partial charge in [-0.1, -0.05) is 30.3 Å². The number of benzene rings is 1. The van der Waals surface area contributed by atoms with E-state index in [1.165, 1.54) is 17.7 Å². The van der Waals surface area contributed by atoms with Crippen LogP contribution < -0.4 is 5.32 Å².